The van der Waals surface area contributed by atoms with E-state index in [1.54, 1.807) is 0 Å². The number of rotatable bonds is 4. The van der Waals surface area contributed by atoms with E-state index < -0.39 is 0 Å². The van der Waals surface area contributed by atoms with Gasteiger partial charge in [-0.2, -0.15) is 5.10 Å². The predicted molar refractivity (Wildman–Crippen MR) is 90.3 cm³/mol. The Balaban J connectivity index is 1.68. The van der Waals surface area contributed by atoms with Gasteiger partial charge in [-0.05, 0) is 55.2 Å². The van der Waals surface area contributed by atoms with Crippen LogP contribution in [0.5, 0.6) is 0 Å². The Kier molecular flexibility index (Phi) is 4.20. The highest BCUT2D eigenvalue weighted by molar-refractivity contribution is 5.83. The van der Waals surface area contributed by atoms with Crippen molar-refractivity contribution in [2.45, 2.75) is 19.8 Å². The highest BCUT2D eigenvalue weighted by Gasteiger charge is 2.12. The lowest BCUT2D eigenvalue weighted by Gasteiger charge is -2.18. The average molecular weight is 279 g/mol. The van der Waals surface area contributed by atoms with Crippen molar-refractivity contribution in [1.29, 1.82) is 0 Å². The number of hydrogen-bond donors (Lipinski definition) is 1. The maximum atomic E-state index is 4.31. The van der Waals surface area contributed by atoms with Gasteiger partial charge in [-0.25, -0.2) is 0 Å². The monoisotopic (exact) mass is 279 g/mol. The van der Waals surface area contributed by atoms with Crippen LogP contribution < -0.4 is 10.3 Å². The molecule has 0 unspecified atom stereocenters. The van der Waals surface area contributed by atoms with Gasteiger partial charge in [-0.1, -0.05) is 24.3 Å². The molecule has 0 saturated carbocycles. The fourth-order valence-corrected chi connectivity index (χ4v) is 2.67. The van der Waals surface area contributed by atoms with E-state index in [0.717, 1.165) is 11.3 Å². The third kappa shape index (κ3) is 3.43. The first-order chi connectivity index (χ1) is 10.3. The van der Waals surface area contributed by atoms with Gasteiger partial charge in [0.25, 0.3) is 0 Å². The first-order valence-corrected chi connectivity index (χ1v) is 7.53. The molecule has 0 aliphatic carbocycles. The molecule has 0 aromatic heterocycles. The number of aryl methyl sites for hydroxylation is 1. The van der Waals surface area contributed by atoms with Crippen LogP contribution in [-0.4, -0.2) is 19.3 Å². The van der Waals surface area contributed by atoms with Crippen molar-refractivity contribution < 1.29 is 0 Å². The average Bonchev–Trinajstić information content (AvgIpc) is 3.04. The second-order valence-corrected chi connectivity index (χ2v) is 5.47. The van der Waals surface area contributed by atoms with Crippen LogP contribution in [0.25, 0.3) is 0 Å². The summed E-state index contributed by atoms with van der Waals surface area (Å²) in [4.78, 5) is 2.45. The van der Waals surface area contributed by atoms with E-state index in [1.807, 2.05) is 36.5 Å². The summed E-state index contributed by atoms with van der Waals surface area (Å²) >= 11 is 0. The fraction of sp³-hybridized carbons (Fsp3) is 0.278. The minimum atomic E-state index is 1.00. The number of nitrogens with one attached hydrogen (secondary N) is 1. The number of benzene rings is 2. The molecule has 0 spiro atoms. The highest BCUT2D eigenvalue weighted by atomic mass is 15.3. The highest BCUT2D eigenvalue weighted by Crippen LogP contribution is 2.22. The summed E-state index contributed by atoms with van der Waals surface area (Å²) in [6.07, 6.45) is 4.50. The molecule has 1 aliphatic heterocycles. The third-order valence-electron chi connectivity index (χ3n) is 3.90. The molecule has 1 heterocycles. The first kappa shape index (κ1) is 13.7. The summed E-state index contributed by atoms with van der Waals surface area (Å²) in [6.45, 7) is 4.51. The van der Waals surface area contributed by atoms with Crippen molar-refractivity contribution in [1.82, 2.24) is 0 Å². The van der Waals surface area contributed by atoms with Gasteiger partial charge >= 0.3 is 0 Å². The summed E-state index contributed by atoms with van der Waals surface area (Å²) in [5.41, 5.74) is 7.80. The van der Waals surface area contributed by atoms with Crippen LogP contribution >= 0.6 is 0 Å². The van der Waals surface area contributed by atoms with Crippen LogP contribution in [-0.2, 0) is 0 Å². The van der Waals surface area contributed by atoms with Crippen LogP contribution in [0, 0.1) is 6.92 Å². The van der Waals surface area contributed by atoms with Crippen molar-refractivity contribution in [3.05, 3.63) is 59.7 Å². The molecule has 2 aromatic rings. The lowest BCUT2D eigenvalue weighted by molar-refractivity contribution is 0.949. The fourth-order valence-electron chi connectivity index (χ4n) is 2.67. The Hall–Kier alpha value is -2.29. The number of para-hydroxylation sites is 1. The molecule has 108 valence electrons. The number of hydrogen-bond acceptors (Lipinski definition) is 3. The van der Waals surface area contributed by atoms with E-state index in [1.165, 1.54) is 37.2 Å². The molecule has 3 rings (SSSR count). The SMILES string of the molecule is Cc1cc(N2CCCC2)ccc1/C=N\Nc1ccccc1. The number of hydrazone groups is 1. The molecule has 3 nitrogen and oxygen atoms in total. The van der Waals surface area contributed by atoms with Gasteiger partial charge in [0, 0.05) is 18.8 Å². The molecule has 1 aliphatic rings. The third-order valence-corrected chi connectivity index (χ3v) is 3.90. The molecule has 1 saturated heterocycles. The standard InChI is InChI=1S/C18H21N3/c1-15-13-18(21-11-5-6-12-21)10-9-16(15)14-19-20-17-7-3-2-4-8-17/h2-4,7-10,13-14,20H,5-6,11-12H2,1H3/b19-14-. The Bertz CT molecular complexity index is 614. The molecule has 1 fully saturated rings. The van der Waals surface area contributed by atoms with Crippen LogP contribution in [0.3, 0.4) is 0 Å². The van der Waals surface area contributed by atoms with Crippen LogP contribution in [0.15, 0.2) is 53.6 Å². The molecule has 0 amide bonds. The van der Waals surface area contributed by atoms with E-state index in [4.69, 9.17) is 0 Å². The van der Waals surface area contributed by atoms with Gasteiger partial charge in [0.2, 0.25) is 0 Å². The number of anilines is 2. The Labute approximate surface area is 126 Å². The van der Waals surface area contributed by atoms with E-state index >= 15 is 0 Å². The van der Waals surface area contributed by atoms with Crippen molar-refractivity contribution in [2.24, 2.45) is 5.10 Å². The normalized spacial score (nSPS) is 14.8. The smallest absolute Gasteiger partial charge is 0.0561 e. The second-order valence-electron chi connectivity index (χ2n) is 5.47. The van der Waals surface area contributed by atoms with Gasteiger partial charge in [0.15, 0.2) is 0 Å². The van der Waals surface area contributed by atoms with E-state index in [-0.39, 0.29) is 0 Å². The topological polar surface area (TPSA) is 27.6 Å². The van der Waals surface area contributed by atoms with Gasteiger partial charge in [-0.15, -0.1) is 0 Å². The Morgan fingerprint density at radius 2 is 1.81 bits per heavy atom. The zero-order valence-corrected chi connectivity index (χ0v) is 12.4. The molecule has 0 bridgehead atoms. The molecular weight excluding hydrogens is 258 g/mol. The predicted octanol–water partition coefficient (Wildman–Crippen LogP) is 4.04. The minimum absolute atomic E-state index is 1.00. The molecule has 2 aromatic carbocycles. The van der Waals surface area contributed by atoms with Crippen LogP contribution in [0.1, 0.15) is 24.0 Å². The van der Waals surface area contributed by atoms with Gasteiger partial charge < -0.3 is 4.90 Å². The molecule has 1 N–H and O–H groups in total. The Morgan fingerprint density at radius 1 is 1.05 bits per heavy atom. The van der Waals surface area contributed by atoms with Crippen molar-refractivity contribution >= 4 is 17.6 Å². The van der Waals surface area contributed by atoms with E-state index in [9.17, 15) is 0 Å². The zero-order valence-electron chi connectivity index (χ0n) is 12.4. The maximum Gasteiger partial charge on any atom is 0.0561 e. The van der Waals surface area contributed by atoms with E-state index in [2.05, 4.69) is 40.5 Å². The zero-order chi connectivity index (χ0) is 14.5. The maximum absolute atomic E-state index is 4.31. The lowest BCUT2D eigenvalue weighted by Crippen LogP contribution is -2.17. The quantitative estimate of drug-likeness (QED) is 0.675. The summed E-state index contributed by atoms with van der Waals surface area (Å²) in [5, 5.41) is 4.31. The molecule has 21 heavy (non-hydrogen) atoms. The van der Waals surface area contributed by atoms with Gasteiger partial charge in [0.1, 0.15) is 0 Å². The van der Waals surface area contributed by atoms with Crippen molar-refractivity contribution in [3.8, 4) is 0 Å². The molecule has 3 heteroatoms. The largest absolute Gasteiger partial charge is 0.372 e. The van der Waals surface area contributed by atoms with Crippen molar-refractivity contribution in [3.63, 3.8) is 0 Å². The lowest BCUT2D eigenvalue weighted by atomic mass is 10.1. The summed E-state index contributed by atoms with van der Waals surface area (Å²) < 4.78 is 0. The molecule has 0 radical (unpaired) electrons. The molecular formula is C18H21N3. The van der Waals surface area contributed by atoms with Gasteiger partial charge in [0.05, 0.1) is 11.9 Å². The summed E-state index contributed by atoms with van der Waals surface area (Å²) in [6, 6.07) is 16.6. The Morgan fingerprint density at radius 3 is 2.52 bits per heavy atom. The minimum Gasteiger partial charge on any atom is -0.372 e. The van der Waals surface area contributed by atoms with Crippen LogP contribution in [0.4, 0.5) is 11.4 Å². The number of nitrogens with zero attached hydrogens (tertiary/aromatic N) is 2. The van der Waals surface area contributed by atoms with E-state index in [0.29, 0.717) is 0 Å². The first-order valence-electron chi connectivity index (χ1n) is 7.53. The van der Waals surface area contributed by atoms with Gasteiger partial charge in [-0.3, -0.25) is 5.43 Å². The van der Waals surface area contributed by atoms with Crippen molar-refractivity contribution in [2.75, 3.05) is 23.4 Å². The summed E-state index contributed by atoms with van der Waals surface area (Å²) in [5.74, 6) is 0. The van der Waals surface area contributed by atoms with Crippen LogP contribution in [0.2, 0.25) is 0 Å². The summed E-state index contributed by atoms with van der Waals surface area (Å²) in [7, 11) is 0. The second kappa shape index (κ2) is 6.44. The molecule has 0 atom stereocenters.